The minimum absolute atomic E-state index is 0.226. The van der Waals surface area contributed by atoms with Gasteiger partial charge in [-0.1, -0.05) is 18.5 Å². The molecule has 0 bridgehead atoms. The largest absolute Gasteiger partial charge is 0.435 e. The van der Waals surface area contributed by atoms with Crippen LogP contribution >= 0.6 is 11.6 Å². The Labute approximate surface area is 144 Å². The first-order valence-corrected chi connectivity index (χ1v) is 8.33. The standard InChI is InChI=1S/C17H19ClN4O2/c1-3-15-20-10(2)16(24-15)17(23)19-8-4-5-14-21-12-7-6-11(18)9-13(12)22-14/h6-7,9H,3-5,8H2,1-2H3,(H,19,23)(H,21,22). The summed E-state index contributed by atoms with van der Waals surface area (Å²) in [5.74, 6) is 1.53. The molecule has 7 heteroatoms. The number of imidazole rings is 1. The number of benzene rings is 1. The molecule has 2 heterocycles. The molecule has 0 unspecified atom stereocenters. The summed E-state index contributed by atoms with van der Waals surface area (Å²) >= 11 is 5.96. The number of halogens is 1. The van der Waals surface area contributed by atoms with E-state index in [4.69, 9.17) is 16.0 Å². The van der Waals surface area contributed by atoms with Gasteiger partial charge in [0.1, 0.15) is 5.82 Å². The quantitative estimate of drug-likeness (QED) is 0.670. The second-order valence-corrected chi connectivity index (χ2v) is 6.02. The fourth-order valence-electron chi connectivity index (χ4n) is 2.51. The van der Waals surface area contributed by atoms with Crippen LogP contribution in [-0.4, -0.2) is 27.4 Å². The summed E-state index contributed by atoms with van der Waals surface area (Å²) in [5.41, 5.74) is 2.44. The van der Waals surface area contributed by atoms with Crippen molar-refractivity contribution in [1.29, 1.82) is 0 Å². The topological polar surface area (TPSA) is 83.8 Å². The lowest BCUT2D eigenvalue weighted by Crippen LogP contribution is -2.25. The normalized spacial score (nSPS) is 11.1. The molecule has 3 rings (SSSR count). The number of aryl methyl sites for hydroxylation is 3. The lowest BCUT2D eigenvalue weighted by Gasteiger charge is -2.02. The summed E-state index contributed by atoms with van der Waals surface area (Å²) in [6.45, 7) is 4.25. The van der Waals surface area contributed by atoms with E-state index in [1.54, 1.807) is 6.92 Å². The summed E-state index contributed by atoms with van der Waals surface area (Å²) < 4.78 is 5.44. The summed E-state index contributed by atoms with van der Waals surface area (Å²) in [4.78, 5) is 24.0. The van der Waals surface area contributed by atoms with Crippen LogP contribution in [0.25, 0.3) is 11.0 Å². The molecule has 0 aliphatic rings. The first-order chi connectivity index (χ1) is 11.6. The molecule has 126 valence electrons. The monoisotopic (exact) mass is 346 g/mol. The highest BCUT2D eigenvalue weighted by Crippen LogP contribution is 2.17. The molecule has 0 spiro atoms. The van der Waals surface area contributed by atoms with Gasteiger partial charge >= 0.3 is 0 Å². The van der Waals surface area contributed by atoms with Crippen LogP contribution in [0.4, 0.5) is 0 Å². The Kier molecular flexibility index (Phi) is 4.85. The molecule has 1 aromatic carbocycles. The fourth-order valence-corrected chi connectivity index (χ4v) is 2.68. The number of oxazole rings is 1. The third-order valence-electron chi connectivity index (χ3n) is 3.72. The maximum Gasteiger partial charge on any atom is 0.289 e. The molecule has 3 aromatic rings. The molecule has 0 aliphatic heterocycles. The molecule has 0 radical (unpaired) electrons. The van der Waals surface area contributed by atoms with Crippen LogP contribution in [0.2, 0.25) is 5.02 Å². The van der Waals surface area contributed by atoms with Gasteiger partial charge in [0.2, 0.25) is 5.76 Å². The van der Waals surface area contributed by atoms with Gasteiger partial charge in [0.15, 0.2) is 5.89 Å². The Morgan fingerprint density at radius 1 is 1.38 bits per heavy atom. The SMILES string of the molecule is CCc1nc(C)c(C(=O)NCCCc2nc3ccc(Cl)cc3[nH]2)o1. The molecule has 0 saturated heterocycles. The average molecular weight is 347 g/mol. The van der Waals surface area contributed by atoms with Gasteiger partial charge in [-0.15, -0.1) is 0 Å². The lowest BCUT2D eigenvalue weighted by molar-refractivity contribution is 0.0923. The molecule has 0 saturated carbocycles. The van der Waals surface area contributed by atoms with Gasteiger partial charge in [0.05, 0.1) is 16.7 Å². The minimum Gasteiger partial charge on any atom is -0.435 e. The number of carbonyl (C=O) groups is 1. The fraction of sp³-hybridized carbons (Fsp3) is 0.353. The lowest BCUT2D eigenvalue weighted by atomic mass is 10.3. The summed E-state index contributed by atoms with van der Waals surface area (Å²) in [6.07, 6.45) is 2.18. The van der Waals surface area contributed by atoms with E-state index in [1.807, 2.05) is 25.1 Å². The number of rotatable bonds is 6. The Bertz CT molecular complexity index is 869. The molecule has 0 fully saturated rings. The van der Waals surface area contributed by atoms with Crippen molar-refractivity contribution in [2.75, 3.05) is 6.54 Å². The summed E-state index contributed by atoms with van der Waals surface area (Å²) in [5, 5.41) is 3.53. The van der Waals surface area contributed by atoms with Crippen LogP contribution in [0, 0.1) is 6.92 Å². The zero-order valence-electron chi connectivity index (χ0n) is 13.6. The average Bonchev–Trinajstić information content (AvgIpc) is 3.13. The van der Waals surface area contributed by atoms with Gasteiger partial charge in [-0.3, -0.25) is 4.79 Å². The molecule has 2 aromatic heterocycles. The highest BCUT2D eigenvalue weighted by Gasteiger charge is 2.16. The Morgan fingerprint density at radius 3 is 2.96 bits per heavy atom. The van der Waals surface area contributed by atoms with Crippen LogP contribution in [0.3, 0.4) is 0 Å². The van der Waals surface area contributed by atoms with Crippen molar-refractivity contribution in [3.63, 3.8) is 0 Å². The number of aromatic amines is 1. The second-order valence-electron chi connectivity index (χ2n) is 5.58. The zero-order chi connectivity index (χ0) is 17.1. The van der Waals surface area contributed by atoms with Gasteiger partial charge in [0.25, 0.3) is 5.91 Å². The number of carbonyl (C=O) groups excluding carboxylic acids is 1. The smallest absolute Gasteiger partial charge is 0.289 e. The number of amides is 1. The van der Waals surface area contributed by atoms with Crippen LogP contribution in [-0.2, 0) is 12.8 Å². The highest BCUT2D eigenvalue weighted by atomic mass is 35.5. The molecule has 2 N–H and O–H groups in total. The van der Waals surface area contributed by atoms with Crippen LogP contribution < -0.4 is 5.32 Å². The number of hydrogen-bond acceptors (Lipinski definition) is 4. The Morgan fingerprint density at radius 2 is 2.21 bits per heavy atom. The van der Waals surface area contributed by atoms with E-state index < -0.39 is 0 Å². The van der Waals surface area contributed by atoms with Gasteiger partial charge in [-0.05, 0) is 31.5 Å². The van der Waals surface area contributed by atoms with Crippen LogP contribution in [0.1, 0.15) is 41.3 Å². The van der Waals surface area contributed by atoms with Crippen molar-refractivity contribution < 1.29 is 9.21 Å². The van der Waals surface area contributed by atoms with E-state index in [1.165, 1.54) is 0 Å². The van der Waals surface area contributed by atoms with Crippen molar-refractivity contribution >= 4 is 28.5 Å². The predicted molar refractivity (Wildman–Crippen MR) is 92.4 cm³/mol. The number of H-pyrrole nitrogens is 1. The van der Waals surface area contributed by atoms with E-state index in [0.29, 0.717) is 35.3 Å². The zero-order valence-corrected chi connectivity index (χ0v) is 14.4. The molecular formula is C17H19ClN4O2. The molecule has 0 aliphatic carbocycles. The highest BCUT2D eigenvalue weighted by molar-refractivity contribution is 6.31. The summed E-state index contributed by atoms with van der Waals surface area (Å²) in [7, 11) is 0. The number of hydrogen-bond donors (Lipinski definition) is 2. The third kappa shape index (κ3) is 3.59. The minimum atomic E-state index is -0.226. The molecule has 6 nitrogen and oxygen atoms in total. The number of aromatic nitrogens is 3. The summed E-state index contributed by atoms with van der Waals surface area (Å²) in [6, 6.07) is 5.56. The van der Waals surface area contributed by atoms with E-state index in [9.17, 15) is 4.79 Å². The van der Waals surface area contributed by atoms with Gasteiger partial charge in [-0.25, -0.2) is 9.97 Å². The van der Waals surface area contributed by atoms with E-state index in [2.05, 4.69) is 20.3 Å². The predicted octanol–water partition coefficient (Wildman–Crippen LogP) is 3.44. The van der Waals surface area contributed by atoms with Crippen molar-refractivity contribution in [3.05, 3.63) is 46.4 Å². The van der Waals surface area contributed by atoms with Crippen LogP contribution in [0.15, 0.2) is 22.6 Å². The first-order valence-electron chi connectivity index (χ1n) is 7.95. The van der Waals surface area contributed by atoms with Crippen molar-refractivity contribution in [2.45, 2.75) is 33.1 Å². The van der Waals surface area contributed by atoms with Gasteiger partial charge in [-0.2, -0.15) is 0 Å². The molecule has 24 heavy (non-hydrogen) atoms. The maximum absolute atomic E-state index is 12.1. The Balaban J connectivity index is 1.52. The number of nitrogens with one attached hydrogen (secondary N) is 2. The van der Waals surface area contributed by atoms with E-state index >= 15 is 0 Å². The number of fused-ring (bicyclic) bond motifs is 1. The first kappa shape index (κ1) is 16.5. The third-order valence-corrected chi connectivity index (χ3v) is 3.95. The molecule has 1 amide bonds. The molecule has 0 atom stereocenters. The van der Waals surface area contributed by atoms with Crippen molar-refractivity contribution in [1.82, 2.24) is 20.3 Å². The van der Waals surface area contributed by atoms with Crippen molar-refractivity contribution in [2.24, 2.45) is 0 Å². The number of nitrogens with zero attached hydrogens (tertiary/aromatic N) is 2. The van der Waals surface area contributed by atoms with Gasteiger partial charge < -0.3 is 14.7 Å². The maximum atomic E-state index is 12.1. The van der Waals surface area contributed by atoms with Crippen LogP contribution in [0.5, 0.6) is 0 Å². The van der Waals surface area contributed by atoms with Gasteiger partial charge in [0, 0.05) is 24.4 Å². The second kappa shape index (κ2) is 7.05. The Hall–Kier alpha value is -2.34. The van der Waals surface area contributed by atoms with E-state index in [0.717, 1.165) is 29.7 Å². The van der Waals surface area contributed by atoms with Crippen molar-refractivity contribution in [3.8, 4) is 0 Å². The molecular weight excluding hydrogens is 328 g/mol. The van der Waals surface area contributed by atoms with E-state index in [-0.39, 0.29) is 5.91 Å².